The largest absolute Gasteiger partial charge is 0.341 e. The molecular weight excluding hydrogens is 508 g/mol. The predicted octanol–water partition coefficient (Wildman–Crippen LogP) is 4.08. The standard InChI is InChI=1S/C26H32N6O3S2/c1-17-10-12-27-24(14-17)30-23-5-3-4-21(29-23)22-15-28-25(36-22)18-6-8-19(9-7-18)26(33)32-13-11-20(16-32)31-37(2,34)35/h3-5,10,12,14-15,18-20,31H,6-9,11,13,16H2,1-2H3,(H,27,29,30)/t18-,19-,20?. The molecule has 1 saturated carbocycles. The Labute approximate surface area is 221 Å². The number of sulfonamides is 1. The van der Waals surface area contributed by atoms with Crippen LogP contribution in [0, 0.1) is 12.8 Å². The zero-order valence-electron chi connectivity index (χ0n) is 21.1. The van der Waals surface area contributed by atoms with Crippen LogP contribution in [-0.4, -0.2) is 59.6 Å². The summed E-state index contributed by atoms with van der Waals surface area (Å²) in [6, 6.07) is 9.65. The number of carbonyl (C=O) groups excluding carboxylic acids is 1. The highest BCUT2D eigenvalue weighted by Crippen LogP contribution is 2.40. The Hall–Kier alpha value is -2.89. The van der Waals surface area contributed by atoms with Crippen molar-refractivity contribution in [3.05, 3.63) is 53.3 Å². The summed E-state index contributed by atoms with van der Waals surface area (Å²) in [5.41, 5.74) is 2.00. The first-order valence-corrected chi connectivity index (χ1v) is 15.3. The molecule has 1 amide bonds. The molecule has 1 unspecified atom stereocenters. The highest BCUT2D eigenvalue weighted by atomic mass is 32.2. The van der Waals surface area contributed by atoms with Gasteiger partial charge >= 0.3 is 0 Å². The number of hydrogen-bond acceptors (Lipinski definition) is 8. The van der Waals surface area contributed by atoms with Gasteiger partial charge in [-0.05, 0) is 68.9 Å². The minimum Gasteiger partial charge on any atom is -0.341 e. The van der Waals surface area contributed by atoms with Crippen LogP contribution in [0.2, 0.25) is 0 Å². The molecule has 0 spiro atoms. The zero-order valence-corrected chi connectivity index (χ0v) is 22.7. The molecular formula is C26H32N6O3S2. The van der Waals surface area contributed by atoms with Crippen LogP contribution in [0.4, 0.5) is 11.6 Å². The van der Waals surface area contributed by atoms with Crippen molar-refractivity contribution in [2.24, 2.45) is 5.92 Å². The summed E-state index contributed by atoms with van der Waals surface area (Å²) >= 11 is 1.67. The van der Waals surface area contributed by atoms with E-state index >= 15 is 0 Å². The predicted molar refractivity (Wildman–Crippen MR) is 145 cm³/mol. The zero-order chi connectivity index (χ0) is 26.0. The molecule has 9 nitrogen and oxygen atoms in total. The Balaban J connectivity index is 1.17. The second-order valence-corrected chi connectivity index (χ2v) is 12.9. The molecule has 1 atom stereocenters. The molecule has 0 radical (unpaired) electrons. The summed E-state index contributed by atoms with van der Waals surface area (Å²) in [5.74, 6) is 2.01. The Bertz CT molecular complexity index is 1370. The fourth-order valence-electron chi connectivity index (χ4n) is 5.18. The van der Waals surface area contributed by atoms with Gasteiger partial charge in [0, 0.05) is 43.4 Å². The van der Waals surface area contributed by atoms with Crippen molar-refractivity contribution in [1.82, 2.24) is 24.6 Å². The highest BCUT2D eigenvalue weighted by Gasteiger charge is 2.35. The smallest absolute Gasteiger partial charge is 0.225 e. The third-order valence-electron chi connectivity index (χ3n) is 7.00. The molecule has 1 aliphatic heterocycles. The van der Waals surface area contributed by atoms with Crippen LogP contribution in [0.5, 0.6) is 0 Å². The van der Waals surface area contributed by atoms with Gasteiger partial charge in [0.05, 0.1) is 21.8 Å². The van der Waals surface area contributed by atoms with E-state index in [0.717, 1.165) is 64.7 Å². The minimum absolute atomic E-state index is 0.00678. The molecule has 2 N–H and O–H groups in total. The van der Waals surface area contributed by atoms with Gasteiger partial charge in [0.15, 0.2) is 0 Å². The number of thiazole rings is 1. The number of nitrogens with zero attached hydrogens (tertiary/aromatic N) is 4. The third kappa shape index (κ3) is 6.52. The van der Waals surface area contributed by atoms with E-state index < -0.39 is 10.0 Å². The van der Waals surface area contributed by atoms with Crippen molar-refractivity contribution in [2.75, 3.05) is 24.7 Å². The molecule has 1 aliphatic carbocycles. The second-order valence-electron chi connectivity index (χ2n) is 10.0. The monoisotopic (exact) mass is 540 g/mol. The Morgan fingerprint density at radius 3 is 2.65 bits per heavy atom. The van der Waals surface area contributed by atoms with Crippen LogP contribution < -0.4 is 10.0 Å². The molecule has 2 aliphatic rings. The van der Waals surface area contributed by atoms with Crippen molar-refractivity contribution in [3.63, 3.8) is 0 Å². The van der Waals surface area contributed by atoms with Crippen molar-refractivity contribution >= 4 is 38.9 Å². The van der Waals surface area contributed by atoms with Crippen molar-refractivity contribution in [1.29, 1.82) is 0 Å². The number of aryl methyl sites for hydroxylation is 1. The number of rotatable bonds is 7. The molecule has 3 aromatic rings. The number of nitrogens with one attached hydrogen (secondary N) is 2. The number of pyridine rings is 2. The van der Waals surface area contributed by atoms with Crippen molar-refractivity contribution in [3.8, 4) is 10.6 Å². The minimum atomic E-state index is -3.26. The van der Waals surface area contributed by atoms with Gasteiger partial charge in [-0.15, -0.1) is 11.3 Å². The molecule has 37 heavy (non-hydrogen) atoms. The first kappa shape index (κ1) is 25.7. The van der Waals surface area contributed by atoms with Crippen molar-refractivity contribution in [2.45, 2.75) is 51.0 Å². The lowest BCUT2D eigenvalue weighted by Crippen LogP contribution is -2.40. The van der Waals surface area contributed by atoms with Gasteiger partial charge in [0.25, 0.3) is 0 Å². The Morgan fingerprint density at radius 1 is 1.08 bits per heavy atom. The van der Waals surface area contributed by atoms with Crippen LogP contribution in [0.25, 0.3) is 10.6 Å². The van der Waals surface area contributed by atoms with Gasteiger partial charge in [0.1, 0.15) is 11.6 Å². The summed E-state index contributed by atoms with van der Waals surface area (Å²) in [5, 5.41) is 4.37. The van der Waals surface area contributed by atoms with E-state index in [1.54, 1.807) is 17.5 Å². The number of anilines is 2. The maximum absolute atomic E-state index is 13.0. The lowest BCUT2D eigenvalue weighted by molar-refractivity contribution is -0.135. The van der Waals surface area contributed by atoms with E-state index in [2.05, 4.69) is 15.0 Å². The Morgan fingerprint density at radius 2 is 1.89 bits per heavy atom. The SMILES string of the molecule is Cc1ccnc(Nc2cccc(-c3cnc([C@H]4CC[C@H](C(=O)N5CCC(NS(C)(=O)=O)C5)CC4)s3)n2)c1. The molecule has 2 fully saturated rings. The van der Waals surface area contributed by atoms with E-state index in [9.17, 15) is 13.2 Å². The van der Waals surface area contributed by atoms with E-state index in [1.807, 2.05) is 48.4 Å². The number of likely N-dealkylation sites (tertiary alicyclic amines) is 1. The molecule has 0 bridgehead atoms. The molecule has 11 heteroatoms. The highest BCUT2D eigenvalue weighted by molar-refractivity contribution is 7.88. The van der Waals surface area contributed by atoms with Crippen LogP contribution in [0.15, 0.2) is 42.7 Å². The maximum Gasteiger partial charge on any atom is 0.225 e. The molecule has 1 saturated heterocycles. The fraction of sp³-hybridized carbons (Fsp3) is 0.462. The normalized spacial score (nSPS) is 22.2. The summed E-state index contributed by atoms with van der Waals surface area (Å²) in [4.78, 5) is 29.7. The van der Waals surface area contributed by atoms with Crippen LogP contribution in [0.1, 0.15) is 48.6 Å². The van der Waals surface area contributed by atoms with Gasteiger partial charge in [-0.25, -0.2) is 28.1 Å². The van der Waals surface area contributed by atoms with E-state index in [1.165, 1.54) is 0 Å². The van der Waals surface area contributed by atoms with E-state index in [0.29, 0.717) is 25.4 Å². The van der Waals surface area contributed by atoms with Gasteiger partial charge in [-0.1, -0.05) is 6.07 Å². The number of amides is 1. The van der Waals surface area contributed by atoms with Gasteiger partial charge < -0.3 is 10.2 Å². The van der Waals surface area contributed by atoms with Gasteiger partial charge in [-0.2, -0.15) is 0 Å². The summed E-state index contributed by atoms with van der Waals surface area (Å²) < 4.78 is 25.6. The van der Waals surface area contributed by atoms with E-state index in [-0.39, 0.29) is 17.9 Å². The molecule has 0 aromatic carbocycles. The Kier molecular flexibility index (Phi) is 7.55. The lowest BCUT2D eigenvalue weighted by atomic mass is 9.81. The maximum atomic E-state index is 13.0. The molecule has 5 rings (SSSR count). The molecule has 196 valence electrons. The summed E-state index contributed by atoms with van der Waals surface area (Å²) in [6.45, 7) is 3.10. The van der Waals surface area contributed by atoms with Gasteiger partial charge in [0.2, 0.25) is 15.9 Å². The molecule has 4 heterocycles. The number of hydrogen-bond donors (Lipinski definition) is 2. The van der Waals surface area contributed by atoms with Crippen molar-refractivity contribution < 1.29 is 13.2 Å². The van der Waals surface area contributed by atoms with Gasteiger partial charge in [-0.3, -0.25) is 4.79 Å². The summed E-state index contributed by atoms with van der Waals surface area (Å²) in [6.07, 6.45) is 9.02. The third-order valence-corrected chi connectivity index (χ3v) is 8.95. The topological polar surface area (TPSA) is 117 Å². The van der Waals surface area contributed by atoms with Crippen LogP contribution >= 0.6 is 11.3 Å². The summed E-state index contributed by atoms with van der Waals surface area (Å²) in [7, 11) is -3.26. The number of aromatic nitrogens is 3. The fourth-order valence-corrected chi connectivity index (χ4v) is 7.03. The quantitative estimate of drug-likeness (QED) is 0.464. The molecule has 3 aromatic heterocycles. The second kappa shape index (κ2) is 10.8. The lowest BCUT2D eigenvalue weighted by Gasteiger charge is -2.29. The first-order valence-electron chi connectivity index (χ1n) is 12.6. The average molecular weight is 541 g/mol. The average Bonchev–Trinajstić information content (AvgIpc) is 3.53. The van der Waals surface area contributed by atoms with Crippen LogP contribution in [0.3, 0.4) is 0 Å². The first-order chi connectivity index (χ1) is 17.7. The number of carbonyl (C=O) groups is 1. The van der Waals surface area contributed by atoms with Crippen LogP contribution in [-0.2, 0) is 14.8 Å². The van der Waals surface area contributed by atoms with E-state index in [4.69, 9.17) is 9.97 Å².